The molecule has 2 heterocycles. The summed E-state index contributed by atoms with van der Waals surface area (Å²) >= 11 is 1.56. The fraction of sp³-hybridized carbons (Fsp3) is 0.733. The van der Waals surface area contributed by atoms with Crippen molar-refractivity contribution in [2.75, 3.05) is 32.8 Å². The third-order valence-corrected chi connectivity index (χ3v) is 4.76. The summed E-state index contributed by atoms with van der Waals surface area (Å²) in [6.45, 7) is 11.6. The van der Waals surface area contributed by atoms with Crippen LogP contribution in [0.4, 0.5) is 0 Å². The van der Waals surface area contributed by atoms with Crippen molar-refractivity contribution < 1.29 is 14.3 Å². The van der Waals surface area contributed by atoms with Gasteiger partial charge in [-0.1, -0.05) is 6.92 Å². The van der Waals surface area contributed by atoms with Gasteiger partial charge in [0, 0.05) is 18.5 Å². The summed E-state index contributed by atoms with van der Waals surface area (Å²) in [5.74, 6) is -0.235. The molecule has 118 valence electrons. The van der Waals surface area contributed by atoms with Crippen molar-refractivity contribution in [2.24, 2.45) is 0 Å². The zero-order valence-corrected chi connectivity index (χ0v) is 14.0. The molecule has 0 radical (unpaired) electrons. The maximum atomic E-state index is 12.1. The number of carbonyl (C=O) groups excluding carboxylic acids is 1. The molecule has 1 aliphatic rings. The molecule has 21 heavy (non-hydrogen) atoms. The maximum absolute atomic E-state index is 12.1. The lowest BCUT2D eigenvalue weighted by Crippen LogP contribution is -2.38. The van der Waals surface area contributed by atoms with E-state index in [9.17, 15) is 4.79 Å². The van der Waals surface area contributed by atoms with E-state index in [1.54, 1.807) is 11.3 Å². The number of esters is 1. The summed E-state index contributed by atoms with van der Waals surface area (Å²) in [5.41, 5.74) is 0.0438. The highest BCUT2D eigenvalue weighted by atomic mass is 32.1. The molecular weight excluding hydrogens is 288 g/mol. The molecule has 1 aromatic heterocycles. The van der Waals surface area contributed by atoms with Gasteiger partial charge in [-0.25, -0.2) is 4.98 Å². The zero-order valence-electron chi connectivity index (χ0n) is 13.2. The monoisotopic (exact) mass is 312 g/mol. The van der Waals surface area contributed by atoms with Crippen LogP contribution in [-0.4, -0.2) is 48.7 Å². The first kappa shape index (κ1) is 16.4. The average molecular weight is 312 g/mol. The highest BCUT2D eigenvalue weighted by Gasteiger charge is 2.35. The van der Waals surface area contributed by atoms with Gasteiger partial charge in [0.25, 0.3) is 0 Å². The van der Waals surface area contributed by atoms with Crippen LogP contribution in [0.2, 0.25) is 0 Å². The fourth-order valence-electron chi connectivity index (χ4n) is 2.28. The second-order valence-corrected chi connectivity index (χ2v) is 6.56. The Morgan fingerprint density at radius 1 is 1.57 bits per heavy atom. The molecule has 1 fully saturated rings. The van der Waals surface area contributed by atoms with E-state index in [-0.39, 0.29) is 12.1 Å². The minimum Gasteiger partial charge on any atom is -0.465 e. The first-order chi connectivity index (χ1) is 9.98. The van der Waals surface area contributed by atoms with Crippen LogP contribution in [0.25, 0.3) is 0 Å². The van der Waals surface area contributed by atoms with Crippen molar-refractivity contribution in [3.8, 4) is 0 Å². The summed E-state index contributed by atoms with van der Waals surface area (Å²) in [5, 5.41) is 2.89. The maximum Gasteiger partial charge on any atom is 0.317 e. The molecule has 1 aromatic rings. The molecule has 5 nitrogen and oxygen atoms in total. The van der Waals surface area contributed by atoms with Crippen LogP contribution in [-0.2, 0) is 19.7 Å². The van der Waals surface area contributed by atoms with Gasteiger partial charge in [0.1, 0.15) is 16.5 Å². The molecule has 0 aliphatic carbocycles. The SMILES string of the molecule is CCOC(=O)C(C)(C)c1csc(C2CN(CC)CCO2)n1. The van der Waals surface area contributed by atoms with E-state index < -0.39 is 5.41 Å². The van der Waals surface area contributed by atoms with Crippen molar-refractivity contribution in [1.29, 1.82) is 0 Å². The van der Waals surface area contributed by atoms with E-state index in [4.69, 9.17) is 9.47 Å². The van der Waals surface area contributed by atoms with Gasteiger partial charge in [0.05, 0.1) is 18.9 Å². The van der Waals surface area contributed by atoms with Crippen LogP contribution >= 0.6 is 11.3 Å². The average Bonchev–Trinajstić information content (AvgIpc) is 2.98. The molecule has 1 unspecified atom stereocenters. The number of nitrogens with zero attached hydrogens (tertiary/aromatic N) is 2. The summed E-state index contributed by atoms with van der Waals surface area (Å²) in [6.07, 6.45) is 0.00967. The Hall–Kier alpha value is -0.980. The summed E-state index contributed by atoms with van der Waals surface area (Å²) < 4.78 is 11.0. The number of rotatable bonds is 5. The molecule has 0 aromatic carbocycles. The molecule has 6 heteroatoms. The normalized spacial score (nSPS) is 20.5. The summed E-state index contributed by atoms with van der Waals surface area (Å²) in [7, 11) is 0. The van der Waals surface area contributed by atoms with Crippen molar-refractivity contribution in [1.82, 2.24) is 9.88 Å². The van der Waals surface area contributed by atoms with E-state index >= 15 is 0 Å². The number of thiazole rings is 1. The lowest BCUT2D eigenvalue weighted by molar-refractivity contribution is -0.148. The number of likely N-dealkylation sites (N-methyl/N-ethyl adjacent to an activating group) is 1. The first-order valence-electron chi connectivity index (χ1n) is 7.46. The number of aromatic nitrogens is 1. The van der Waals surface area contributed by atoms with Crippen LogP contribution in [0.15, 0.2) is 5.38 Å². The predicted octanol–water partition coefficient (Wildman–Crippen LogP) is 2.38. The summed E-state index contributed by atoms with van der Waals surface area (Å²) in [6, 6.07) is 0. The Morgan fingerprint density at radius 3 is 3.00 bits per heavy atom. The molecule has 1 saturated heterocycles. The molecule has 1 atom stereocenters. The number of carbonyl (C=O) groups is 1. The minimum atomic E-state index is -0.718. The van der Waals surface area contributed by atoms with Gasteiger partial charge in [-0.15, -0.1) is 11.3 Å². The third-order valence-electron chi connectivity index (χ3n) is 3.82. The van der Waals surface area contributed by atoms with Crippen molar-refractivity contribution >= 4 is 17.3 Å². The molecular formula is C15H24N2O3S. The third kappa shape index (κ3) is 3.62. The smallest absolute Gasteiger partial charge is 0.317 e. The van der Waals surface area contributed by atoms with Crippen LogP contribution in [0, 0.1) is 0 Å². The second kappa shape index (κ2) is 6.85. The van der Waals surface area contributed by atoms with E-state index in [0.29, 0.717) is 6.61 Å². The van der Waals surface area contributed by atoms with Crippen LogP contribution < -0.4 is 0 Å². The van der Waals surface area contributed by atoms with E-state index in [1.165, 1.54) is 0 Å². The van der Waals surface area contributed by atoms with E-state index in [0.717, 1.165) is 36.9 Å². The van der Waals surface area contributed by atoms with Gasteiger partial charge in [0.15, 0.2) is 0 Å². The van der Waals surface area contributed by atoms with Gasteiger partial charge in [-0.3, -0.25) is 9.69 Å². The number of hydrogen-bond donors (Lipinski definition) is 0. The lowest BCUT2D eigenvalue weighted by Gasteiger charge is -2.31. The highest BCUT2D eigenvalue weighted by molar-refractivity contribution is 7.09. The van der Waals surface area contributed by atoms with Crippen LogP contribution in [0.3, 0.4) is 0 Å². The second-order valence-electron chi connectivity index (χ2n) is 5.67. The number of hydrogen-bond acceptors (Lipinski definition) is 6. The van der Waals surface area contributed by atoms with Crippen molar-refractivity contribution in [3.05, 3.63) is 16.1 Å². The molecule has 0 saturated carbocycles. The fourth-order valence-corrected chi connectivity index (χ4v) is 3.30. The molecule has 0 N–H and O–H groups in total. The number of morpholine rings is 1. The van der Waals surface area contributed by atoms with Crippen LogP contribution in [0.1, 0.15) is 44.5 Å². The van der Waals surface area contributed by atoms with Crippen LogP contribution in [0.5, 0.6) is 0 Å². The predicted molar refractivity (Wildman–Crippen MR) is 82.6 cm³/mol. The quantitative estimate of drug-likeness (QED) is 0.781. The topological polar surface area (TPSA) is 51.7 Å². The van der Waals surface area contributed by atoms with Crippen molar-refractivity contribution in [2.45, 2.75) is 39.2 Å². The molecule has 0 spiro atoms. The van der Waals surface area contributed by atoms with Gasteiger partial charge >= 0.3 is 5.97 Å². The Labute approximate surface area is 130 Å². The first-order valence-corrected chi connectivity index (χ1v) is 8.34. The van der Waals surface area contributed by atoms with Gasteiger partial charge in [0.2, 0.25) is 0 Å². The molecule has 1 aliphatic heterocycles. The Morgan fingerprint density at radius 2 is 2.33 bits per heavy atom. The zero-order chi connectivity index (χ0) is 15.5. The Balaban J connectivity index is 2.12. The standard InChI is InChI=1S/C15H24N2O3S/c1-5-17-7-8-20-11(9-17)13-16-12(10-21-13)15(3,4)14(18)19-6-2/h10-11H,5-9H2,1-4H3. The van der Waals surface area contributed by atoms with E-state index in [2.05, 4.69) is 16.8 Å². The number of ether oxygens (including phenoxy) is 2. The van der Waals surface area contributed by atoms with Gasteiger partial charge in [-0.2, -0.15) is 0 Å². The molecule has 0 amide bonds. The Kier molecular flexibility index (Phi) is 5.35. The summed E-state index contributed by atoms with van der Waals surface area (Å²) in [4.78, 5) is 19.0. The Bertz CT molecular complexity index is 487. The van der Waals surface area contributed by atoms with Gasteiger partial charge < -0.3 is 9.47 Å². The van der Waals surface area contributed by atoms with Gasteiger partial charge in [-0.05, 0) is 27.3 Å². The van der Waals surface area contributed by atoms with E-state index in [1.807, 2.05) is 26.2 Å². The van der Waals surface area contributed by atoms with Crippen molar-refractivity contribution in [3.63, 3.8) is 0 Å². The highest BCUT2D eigenvalue weighted by Crippen LogP contribution is 2.31. The minimum absolute atomic E-state index is 0.00967. The molecule has 0 bridgehead atoms. The lowest BCUT2D eigenvalue weighted by atomic mass is 9.90. The molecule has 2 rings (SSSR count). The largest absolute Gasteiger partial charge is 0.465 e.